The number of ether oxygens (including phenoxy) is 2. The van der Waals surface area contributed by atoms with E-state index in [1.807, 2.05) is 30.1 Å². The van der Waals surface area contributed by atoms with Gasteiger partial charge in [0.25, 0.3) is 0 Å². The molecule has 1 fully saturated rings. The van der Waals surface area contributed by atoms with E-state index in [2.05, 4.69) is 27.7 Å². The molecule has 0 bridgehead atoms. The van der Waals surface area contributed by atoms with Crippen molar-refractivity contribution in [2.75, 3.05) is 44.5 Å². The van der Waals surface area contributed by atoms with E-state index in [1.165, 1.54) is 0 Å². The molecule has 196 valence electrons. The van der Waals surface area contributed by atoms with Crippen LogP contribution < -0.4 is 14.4 Å². The zero-order valence-corrected chi connectivity index (χ0v) is 23.3. The quantitative estimate of drug-likeness (QED) is 0.596. The maximum atomic E-state index is 13.6. The lowest BCUT2D eigenvalue weighted by Crippen LogP contribution is -2.46. The van der Waals surface area contributed by atoms with Crippen molar-refractivity contribution >= 4 is 29.4 Å². The number of fused-ring (bicyclic) bond motifs is 1. The maximum absolute atomic E-state index is 13.6. The van der Waals surface area contributed by atoms with Gasteiger partial charge in [-0.2, -0.15) is 5.10 Å². The lowest BCUT2D eigenvalue weighted by Gasteiger charge is -2.32. The van der Waals surface area contributed by atoms with E-state index >= 15 is 0 Å². The third kappa shape index (κ3) is 5.08. The van der Waals surface area contributed by atoms with Crippen molar-refractivity contribution in [1.82, 2.24) is 14.7 Å². The van der Waals surface area contributed by atoms with Gasteiger partial charge in [-0.15, -0.1) is 11.8 Å². The van der Waals surface area contributed by atoms with E-state index in [1.54, 1.807) is 35.6 Å². The van der Waals surface area contributed by atoms with E-state index in [9.17, 15) is 9.59 Å². The molecule has 0 spiro atoms. The molecule has 0 radical (unpaired) electrons. The second-order valence-electron chi connectivity index (χ2n) is 10.8. The first-order chi connectivity index (χ1) is 17.0. The first-order valence-electron chi connectivity index (χ1n) is 12.5. The van der Waals surface area contributed by atoms with Crippen LogP contribution in [0.2, 0.25) is 0 Å². The molecule has 2 aliphatic heterocycles. The molecule has 0 N–H and O–H groups in total. The number of likely N-dealkylation sites (tertiary alicyclic amines) is 1. The molecule has 3 heterocycles. The van der Waals surface area contributed by atoms with Crippen LogP contribution in [0.4, 0.5) is 5.82 Å². The highest BCUT2D eigenvalue weighted by atomic mass is 32.2. The zero-order chi connectivity index (χ0) is 26.2. The van der Waals surface area contributed by atoms with Crippen molar-refractivity contribution in [3.63, 3.8) is 0 Å². The first-order valence-corrected chi connectivity index (χ1v) is 13.6. The fourth-order valence-corrected chi connectivity index (χ4v) is 6.24. The Labute approximate surface area is 218 Å². The number of carbonyl (C=O) groups excluding carboxylic acids is 2. The largest absolute Gasteiger partial charge is 0.497 e. The Hall–Kier alpha value is -2.68. The van der Waals surface area contributed by atoms with Crippen molar-refractivity contribution in [3.05, 3.63) is 35.0 Å². The second kappa shape index (κ2) is 10.4. The first kappa shape index (κ1) is 26.4. The number of carbonyl (C=O) groups is 2. The van der Waals surface area contributed by atoms with Crippen LogP contribution in [0, 0.1) is 5.92 Å². The van der Waals surface area contributed by atoms with Gasteiger partial charge in [0.1, 0.15) is 23.9 Å². The summed E-state index contributed by atoms with van der Waals surface area (Å²) in [7, 11) is 5.15. The zero-order valence-electron chi connectivity index (χ0n) is 22.5. The summed E-state index contributed by atoms with van der Waals surface area (Å²) in [5.41, 5.74) is 2.50. The molecule has 36 heavy (non-hydrogen) atoms. The van der Waals surface area contributed by atoms with Gasteiger partial charge in [0, 0.05) is 36.7 Å². The van der Waals surface area contributed by atoms with Crippen molar-refractivity contribution in [1.29, 1.82) is 0 Å². The van der Waals surface area contributed by atoms with Crippen LogP contribution in [0.3, 0.4) is 0 Å². The minimum atomic E-state index is -0.275. The van der Waals surface area contributed by atoms with E-state index < -0.39 is 0 Å². The van der Waals surface area contributed by atoms with Crippen molar-refractivity contribution in [2.45, 2.75) is 51.2 Å². The highest BCUT2D eigenvalue weighted by Gasteiger charge is 2.40. The lowest BCUT2D eigenvalue weighted by molar-refractivity contribution is -0.132. The number of aryl methyl sites for hydroxylation is 1. The predicted molar refractivity (Wildman–Crippen MR) is 143 cm³/mol. The summed E-state index contributed by atoms with van der Waals surface area (Å²) in [5.74, 6) is 2.90. The van der Waals surface area contributed by atoms with Gasteiger partial charge < -0.3 is 14.4 Å². The Kier molecular flexibility index (Phi) is 7.59. The van der Waals surface area contributed by atoms with Gasteiger partial charge in [-0.1, -0.05) is 27.7 Å². The highest BCUT2D eigenvalue weighted by Crippen LogP contribution is 2.50. The maximum Gasteiger partial charge on any atom is 0.242 e. The third-order valence-corrected chi connectivity index (χ3v) is 8.34. The standard InChI is InChI=1S/C27H38N4O4S/c1-17-10-12-30(13-11-17)21(32)15-31-22(33)16-36-24(19-14-18(34-6)8-9-20(19)35-7)23-25(27(2,3)4)28-29(5)26(23)31/h8-9,14,17,24H,10-13,15-16H2,1-7H3. The molecule has 9 heteroatoms. The Morgan fingerprint density at radius 3 is 2.47 bits per heavy atom. The molecule has 1 unspecified atom stereocenters. The number of nitrogens with zero attached hydrogens (tertiary/aromatic N) is 4. The second-order valence-corrected chi connectivity index (χ2v) is 11.9. The van der Waals surface area contributed by atoms with Gasteiger partial charge in [0.2, 0.25) is 11.8 Å². The third-order valence-electron chi connectivity index (χ3n) is 7.10. The monoisotopic (exact) mass is 514 g/mol. The van der Waals surface area contributed by atoms with E-state index in [0.29, 0.717) is 11.7 Å². The molecule has 0 saturated carbocycles. The molecule has 0 aliphatic carbocycles. The number of piperidine rings is 1. The number of benzene rings is 1. The number of amides is 2. The molecule has 2 aromatic rings. The molecule has 4 rings (SSSR count). The predicted octanol–water partition coefficient (Wildman–Crippen LogP) is 4.16. The van der Waals surface area contributed by atoms with Gasteiger partial charge >= 0.3 is 0 Å². The summed E-state index contributed by atoms with van der Waals surface area (Å²) < 4.78 is 13.0. The number of anilines is 1. The molecule has 2 aliphatic rings. The smallest absolute Gasteiger partial charge is 0.242 e. The normalized spacial score (nSPS) is 19.2. The SMILES string of the molecule is COc1ccc(OC)c(C2SCC(=O)N(CC(=O)N3CCC(C)CC3)c3c2c(C(C)(C)C)nn3C)c1. The molecule has 1 aromatic carbocycles. The Bertz CT molecular complexity index is 1130. The average molecular weight is 515 g/mol. The molecular weight excluding hydrogens is 476 g/mol. The lowest BCUT2D eigenvalue weighted by atomic mass is 9.87. The number of hydrogen-bond acceptors (Lipinski definition) is 6. The minimum Gasteiger partial charge on any atom is -0.497 e. The molecule has 1 saturated heterocycles. The van der Waals surface area contributed by atoms with Crippen LogP contribution in [0.5, 0.6) is 11.5 Å². The molecule has 1 atom stereocenters. The average Bonchev–Trinajstić information content (AvgIpc) is 3.12. The summed E-state index contributed by atoms with van der Waals surface area (Å²) >= 11 is 1.54. The fraction of sp³-hybridized carbons (Fsp3) is 0.593. The molecular formula is C27H38N4O4S. The highest BCUT2D eigenvalue weighted by molar-refractivity contribution is 8.00. The van der Waals surface area contributed by atoms with Crippen LogP contribution in [0.1, 0.15) is 62.6 Å². The summed E-state index contributed by atoms with van der Waals surface area (Å²) in [6.45, 7) is 10.1. The molecule has 2 amide bonds. The number of rotatable bonds is 5. The number of thioether (sulfide) groups is 1. The Morgan fingerprint density at radius 2 is 1.86 bits per heavy atom. The van der Waals surface area contributed by atoms with Crippen molar-refractivity contribution < 1.29 is 19.1 Å². The molecule has 8 nitrogen and oxygen atoms in total. The number of hydrogen-bond donors (Lipinski definition) is 0. The van der Waals surface area contributed by atoms with E-state index in [0.717, 1.165) is 54.3 Å². The van der Waals surface area contributed by atoms with Crippen LogP contribution in [0.15, 0.2) is 18.2 Å². The minimum absolute atomic E-state index is 0.0119. The Balaban J connectivity index is 1.83. The van der Waals surface area contributed by atoms with E-state index in [4.69, 9.17) is 14.6 Å². The number of aromatic nitrogens is 2. The van der Waals surface area contributed by atoms with Gasteiger partial charge in [0.05, 0.1) is 30.9 Å². The Morgan fingerprint density at radius 1 is 1.17 bits per heavy atom. The van der Waals surface area contributed by atoms with Crippen LogP contribution in [-0.4, -0.2) is 66.1 Å². The topological polar surface area (TPSA) is 76.9 Å². The number of methoxy groups -OCH3 is 2. The van der Waals surface area contributed by atoms with Crippen LogP contribution >= 0.6 is 11.8 Å². The van der Waals surface area contributed by atoms with Gasteiger partial charge in [-0.25, -0.2) is 0 Å². The summed E-state index contributed by atoms with van der Waals surface area (Å²) in [4.78, 5) is 30.4. The van der Waals surface area contributed by atoms with Gasteiger partial charge in [0.15, 0.2) is 0 Å². The van der Waals surface area contributed by atoms with Crippen molar-refractivity contribution in [2.24, 2.45) is 13.0 Å². The van der Waals surface area contributed by atoms with E-state index in [-0.39, 0.29) is 34.8 Å². The summed E-state index contributed by atoms with van der Waals surface area (Å²) in [6.07, 6.45) is 2.00. The van der Waals surface area contributed by atoms with Crippen LogP contribution in [-0.2, 0) is 22.1 Å². The molecule has 1 aromatic heterocycles. The van der Waals surface area contributed by atoms with Crippen molar-refractivity contribution in [3.8, 4) is 11.5 Å². The van der Waals surface area contributed by atoms with Gasteiger partial charge in [-0.3, -0.25) is 19.2 Å². The summed E-state index contributed by atoms with van der Waals surface area (Å²) in [6, 6.07) is 5.74. The summed E-state index contributed by atoms with van der Waals surface area (Å²) in [5, 5.41) is 4.69. The van der Waals surface area contributed by atoms with Crippen LogP contribution in [0.25, 0.3) is 0 Å². The fourth-order valence-electron chi connectivity index (χ4n) is 5.03. The van der Waals surface area contributed by atoms with Gasteiger partial charge in [-0.05, 0) is 37.0 Å².